The predicted octanol–water partition coefficient (Wildman–Crippen LogP) is 3.08. The molecule has 1 saturated heterocycles. The van der Waals surface area contributed by atoms with Crippen LogP contribution in [0.3, 0.4) is 0 Å². The number of amides is 1. The molecule has 3 aromatic rings. The van der Waals surface area contributed by atoms with Gasteiger partial charge in [-0.05, 0) is 66.4 Å². The molecule has 1 aliphatic heterocycles. The first-order valence-electron chi connectivity index (χ1n) is 8.74. The number of nitrogens with zero attached hydrogens (tertiary/aromatic N) is 3. The van der Waals surface area contributed by atoms with Crippen LogP contribution in [0.2, 0.25) is 5.02 Å². The topological polar surface area (TPSA) is 71.8 Å². The van der Waals surface area contributed by atoms with Gasteiger partial charge in [0.05, 0.1) is 6.20 Å². The van der Waals surface area contributed by atoms with Gasteiger partial charge < -0.3 is 10.6 Å². The molecule has 1 aliphatic rings. The van der Waals surface area contributed by atoms with Crippen molar-refractivity contribution in [3.63, 3.8) is 0 Å². The number of fused-ring (bicyclic) bond motifs is 1. The maximum atomic E-state index is 12.4. The number of hydrogen-bond acceptors (Lipinski definition) is 5. The Labute approximate surface area is 160 Å². The van der Waals surface area contributed by atoms with Crippen molar-refractivity contribution in [2.24, 2.45) is 5.92 Å². The lowest BCUT2D eigenvalue weighted by Gasteiger charge is -2.22. The highest BCUT2D eigenvalue weighted by atomic mass is 35.5. The Kier molecular flexibility index (Phi) is 5.19. The molecule has 136 valence electrons. The average Bonchev–Trinajstić information content (AvgIpc) is 3.27. The molecule has 0 saturated carbocycles. The smallest absolute Gasteiger partial charge is 0.273 e. The van der Waals surface area contributed by atoms with E-state index in [1.807, 2.05) is 23.6 Å². The molecular formula is C18H20ClN5OS. The van der Waals surface area contributed by atoms with Gasteiger partial charge in [-0.1, -0.05) is 16.8 Å². The fourth-order valence-electron chi connectivity index (χ4n) is 3.29. The molecule has 0 spiro atoms. The average molecular weight is 390 g/mol. The minimum absolute atomic E-state index is 0.209. The summed E-state index contributed by atoms with van der Waals surface area (Å²) in [6.07, 6.45) is 4.10. The SMILES string of the molecule is O=C(NCc1csc2ccc(Cl)cc12)c1cn(C[C@H]2CCCNC2)nn1. The van der Waals surface area contributed by atoms with Gasteiger partial charge in [0.2, 0.25) is 0 Å². The second kappa shape index (κ2) is 7.73. The van der Waals surface area contributed by atoms with Gasteiger partial charge in [0.1, 0.15) is 0 Å². The van der Waals surface area contributed by atoms with Crippen LogP contribution >= 0.6 is 22.9 Å². The third-order valence-corrected chi connectivity index (χ3v) is 5.92. The molecule has 4 rings (SSSR count). The van der Waals surface area contributed by atoms with Gasteiger partial charge in [0.15, 0.2) is 5.69 Å². The number of nitrogens with one attached hydrogen (secondary N) is 2. The van der Waals surface area contributed by atoms with Crippen LogP contribution < -0.4 is 10.6 Å². The van der Waals surface area contributed by atoms with Gasteiger partial charge in [-0.25, -0.2) is 0 Å². The van der Waals surface area contributed by atoms with Crippen molar-refractivity contribution in [1.29, 1.82) is 0 Å². The lowest BCUT2D eigenvalue weighted by Crippen LogP contribution is -2.32. The van der Waals surface area contributed by atoms with Crippen molar-refractivity contribution >= 4 is 38.9 Å². The number of carbonyl (C=O) groups is 1. The summed E-state index contributed by atoms with van der Waals surface area (Å²) in [6.45, 7) is 3.32. The van der Waals surface area contributed by atoms with E-state index in [2.05, 4.69) is 20.9 Å². The highest BCUT2D eigenvalue weighted by molar-refractivity contribution is 7.17. The van der Waals surface area contributed by atoms with Crippen molar-refractivity contribution < 1.29 is 4.79 Å². The molecule has 2 N–H and O–H groups in total. The molecule has 1 atom stereocenters. The number of carbonyl (C=O) groups excluding carboxylic acids is 1. The van der Waals surface area contributed by atoms with Gasteiger partial charge in [0, 0.05) is 22.8 Å². The quantitative estimate of drug-likeness (QED) is 0.703. The summed E-state index contributed by atoms with van der Waals surface area (Å²) >= 11 is 7.73. The summed E-state index contributed by atoms with van der Waals surface area (Å²) < 4.78 is 2.93. The van der Waals surface area contributed by atoms with E-state index in [1.165, 1.54) is 12.8 Å². The summed E-state index contributed by atoms with van der Waals surface area (Å²) in [7, 11) is 0. The first kappa shape index (κ1) is 17.5. The van der Waals surface area contributed by atoms with E-state index in [0.717, 1.165) is 35.3 Å². The molecule has 26 heavy (non-hydrogen) atoms. The third kappa shape index (κ3) is 3.90. The molecule has 1 amide bonds. The number of piperidine rings is 1. The Bertz CT molecular complexity index is 915. The summed E-state index contributed by atoms with van der Waals surface area (Å²) in [5.74, 6) is 0.336. The minimum atomic E-state index is -0.209. The number of aromatic nitrogens is 3. The van der Waals surface area contributed by atoms with Crippen molar-refractivity contribution in [3.05, 3.63) is 46.1 Å². The second-order valence-electron chi connectivity index (χ2n) is 6.62. The summed E-state index contributed by atoms with van der Waals surface area (Å²) in [6, 6.07) is 5.81. The molecular weight excluding hydrogens is 370 g/mol. The summed E-state index contributed by atoms with van der Waals surface area (Å²) in [5, 5.41) is 18.3. The second-order valence-corrected chi connectivity index (χ2v) is 7.97. The summed E-state index contributed by atoms with van der Waals surface area (Å²) in [5.41, 5.74) is 1.41. The zero-order chi connectivity index (χ0) is 17.9. The highest BCUT2D eigenvalue weighted by Gasteiger charge is 2.16. The lowest BCUT2D eigenvalue weighted by atomic mass is 10.00. The van der Waals surface area contributed by atoms with Crippen LogP contribution in [0.4, 0.5) is 0 Å². The Morgan fingerprint density at radius 1 is 1.46 bits per heavy atom. The van der Waals surface area contributed by atoms with E-state index in [0.29, 0.717) is 23.2 Å². The molecule has 0 unspecified atom stereocenters. The molecule has 2 aromatic heterocycles. The first-order chi connectivity index (χ1) is 12.7. The van der Waals surface area contributed by atoms with Crippen molar-refractivity contribution in [3.8, 4) is 0 Å². The van der Waals surface area contributed by atoms with Crippen molar-refractivity contribution in [1.82, 2.24) is 25.6 Å². The van der Waals surface area contributed by atoms with E-state index in [4.69, 9.17) is 11.6 Å². The van der Waals surface area contributed by atoms with Gasteiger partial charge in [-0.2, -0.15) is 0 Å². The zero-order valence-corrected chi connectivity index (χ0v) is 15.8. The molecule has 1 fully saturated rings. The maximum absolute atomic E-state index is 12.4. The fraction of sp³-hybridized carbons (Fsp3) is 0.389. The molecule has 0 aliphatic carbocycles. The predicted molar refractivity (Wildman–Crippen MR) is 104 cm³/mol. The molecule has 0 bridgehead atoms. The van der Waals surface area contributed by atoms with Crippen molar-refractivity contribution in [2.75, 3.05) is 13.1 Å². The number of halogens is 1. The molecule has 1 aromatic carbocycles. The van der Waals surface area contributed by atoms with Gasteiger partial charge in [-0.15, -0.1) is 16.4 Å². The lowest BCUT2D eigenvalue weighted by molar-refractivity contribution is 0.0946. The normalized spacial score (nSPS) is 17.5. The van der Waals surface area contributed by atoms with Crippen LogP contribution in [0.15, 0.2) is 29.8 Å². The Morgan fingerprint density at radius 3 is 3.23 bits per heavy atom. The van der Waals surface area contributed by atoms with Gasteiger partial charge in [-0.3, -0.25) is 9.48 Å². The Hall–Kier alpha value is -1.96. The van der Waals surface area contributed by atoms with Crippen LogP contribution in [0.1, 0.15) is 28.9 Å². The maximum Gasteiger partial charge on any atom is 0.273 e. The number of rotatable bonds is 5. The first-order valence-corrected chi connectivity index (χ1v) is 9.99. The zero-order valence-electron chi connectivity index (χ0n) is 14.2. The van der Waals surface area contributed by atoms with Crippen LogP contribution in [0.25, 0.3) is 10.1 Å². The monoisotopic (exact) mass is 389 g/mol. The molecule has 3 heterocycles. The Balaban J connectivity index is 1.38. The summed E-state index contributed by atoms with van der Waals surface area (Å²) in [4.78, 5) is 12.4. The van der Waals surface area contributed by atoms with Crippen LogP contribution in [0.5, 0.6) is 0 Å². The van der Waals surface area contributed by atoms with Gasteiger partial charge in [0.25, 0.3) is 5.91 Å². The molecule has 8 heteroatoms. The fourth-order valence-corrected chi connectivity index (χ4v) is 4.41. The van der Waals surface area contributed by atoms with Crippen LogP contribution in [0, 0.1) is 5.92 Å². The van der Waals surface area contributed by atoms with Crippen LogP contribution in [-0.4, -0.2) is 34.0 Å². The molecule has 0 radical (unpaired) electrons. The van der Waals surface area contributed by atoms with Gasteiger partial charge >= 0.3 is 0 Å². The number of thiophene rings is 1. The largest absolute Gasteiger partial charge is 0.346 e. The number of hydrogen-bond donors (Lipinski definition) is 2. The third-order valence-electron chi connectivity index (χ3n) is 4.67. The van der Waals surface area contributed by atoms with Crippen LogP contribution in [-0.2, 0) is 13.1 Å². The number of benzene rings is 1. The van der Waals surface area contributed by atoms with E-state index in [9.17, 15) is 4.79 Å². The van der Waals surface area contributed by atoms with E-state index >= 15 is 0 Å². The molecule has 6 nitrogen and oxygen atoms in total. The minimum Gasteiger partial charge on any atom is -0.346 e. The van der Waals surface area contributed by atoms with E-state index in [1.54, 1.807) is 22.2 Å². The van der Waals surface area contributed by atoms with E-state index in [-0.39, 0.29) is 5.91 Å². The standard InChI is InChI=1S/C18H20ClN5OS/c19-14-3-4-17-15(6-14)13(11-26-17)8-21-18(25)16-10-24(23-22-16)9-12-2-1-5-20-7-12/h3-4,6,10-12,20H,1-2,5,7-9H2,(H,21,25)/t12-/m0/s1. The highest BCUT2D eigenvalue weighted by Crippen LogP contribution is 2.28. The van der Waals surface area contributed by atoms with Crippen molar-refractivity contribution in [2.45, 2.75) is 25.9 Å². The van der Waals surface area contributed by atoms with E-state index < -0.39 is 0 Å². The Morgan fingerprint density at radius 2 is 2.38 bits per heavy atom.